The van der Waals surface area contributed by atoms with Crippen LogP contribution in [0.25, 0.3) is 0 Å². The van der Waals surface area contributed by atoms with Gasteiger partial charge < -0.3 is 24.8 Å². The molecule has 3 rings (SSSR count). The molecule has 1 saturated heterocycles. The van der Waals surface area contributed by atoms with Crippen LogP contribution in [0.2, 0.25) is 0 Å². The standard InChI is InChI=1S/C24H34N4O3.HI/c1-4-25-24(27-21-10-11-22(31-5-2)23(16-21)29-3)26-17-19-8-6-7-9-20(19)18-28-12-14-30-15-13-28;/h6-11,16H,4-5,12-15,17-18H2,1-3H3,(H2,25,26,27);1H. The van der Waals surface area contributed by atoms with E-state index in [1.54, 1.807) is 7.11 Å². The molecule has 8 heteroatoms. The van der Waals surface area contributed by atoms with Crippen LogP contribution in [0.4, 0.5) is 5.69 Å². The van der Waals surface area contributed by atoms with Gasteiger partial charge in [-0.2, -0.15) is 0 Å². The fraction of sp³-hybridized carbons (Fsp3) is 0.458. The lowest BCUT2D eigenvalue weighted by Crippen LogP contribution is -2.35. The average molecular weight is 554 g/mol. The summed E-state index contributed by atoms with van der Waals surface area (Å²) in [6.45, 7) is 10.5. The molecule has 1 aliphatic rings. The molecule has 0 spiro atoms. The first-order valence-electron chi connectivity index (χ1n) is 11.0. The van der Waals surface area contributed by atoms with E-state index in [1.165, 1.54) is 11.1 Å². The van der Waals surface area contributed by atoms with Crippen molar-refractivity contribution in [1.82, 2.24) is 10.2 Å². The van der Waals surface area contributed by atoms with E-state index in [0.29, 0.717) is 18.9 Å². The summed E-state index contributed by atoms with van der Waals surface area (Å²) in [6, 6.07) is 14.3. The SMILES string of the molecule is CCNC(=NCc1ccccc1CN1CCOCC1)Nc1ccc(OCC)c(OC)c1.I. The van der Waals surface area contributed by atoms with Crippen LogP contribution in [0.15, 0.2) is 47.5 Å². The van der Waals surface area contributed by atoms with Gasteiger partial charge in [-0.25, -0.2) is 4.99 Å². The lowest BCUT2D eigenvalue weighted by molar-refractivity contribution is 0.0341. The van der Waals surface area contributed by atoms with Gasteiger partial charge in [0.05, 0.1) is 33.5 Å². The number of rotatable bonds is 9. The Bertz CT molecular complexity index is 857. The zero-order valence-electron chi connectivity index (χ0n) is 19.2. The lowest BCUT2D eigenvalue weighted by Gasteiger charge is -2.27. The number of hydrogen-bond donors (Lipinski definition) is 2. The number of ether oxygens (including phenoxy) is 3. The monoisotopic (exact) mass is 554 g/mol. The van der Waals surface area contributed by atoms with Crippen molar-refractivity contribution in [3.8, 4) is 11.5 Å². The molecule has 1 heterocycles. The summed E-state index contributed by atoms with van der Waals surface area (Å²) in [5.41, 5.74) is 3.43. The second-order valence-corrected chi connectivity index (χ2v) is 7.28. The number of nitrogens with one attached hydrogen (secondary N) is 2. The third-order valence-corrected chi connectivity index (χ3v) is 5.09. The predicted molar refractivity (Wildman–Crippen MR) is 141 cm³/mol. The van der Waals surface area contributed by atoms with E-state index in [-0.39, 0.29) is 24.0 Å². The molecule has 0 aliphatic carbocycles. The molecule has 1 fully saturated rings. The van der Waals surface area contributed by atoms with E-state index < -0.39 is 0 Å². The molecule has 1 aliphatic heterocycles. The predicted octanol–water partition coefficient (Wildman–Crippen LogP) is 4.12. The van der Waals surface area contributed by atoms with E-state index in [2.05, 4.69) is 46.7 Å². The van der Waals surface area contributed by atoms with E-state index >= 15 is 0 Å². The van der Waals surface area contributed by atoms with Crippen molar-refractivity contribution in [3.63, 3.8) is 0 Å². The Hall–Kier alpha value is -2.04. The zero-order chi connectivity index (χ0) is 21.9. The minimum absolute atomic E-state index is 0. The van der Waals surface area contributed by atoms with Crippen molar-refractivity contribution < 1.29 is 14.2 Å². The zero-order valence-corrected chi connectivity index (χ0v) is 21.6. The first-order valence-corrected chi connectivity index (χ1v) is 11.0. The molecule has 0 radical (unpaired) electrons. The minimum Gasteiger partial charge on any atom is -0.493 e. The van der Waals surface area contributed by atoms with Gasteiger partial charge in [0.1, 0.15) is 0 Å². The second kappa shape index (κ2) is 14.2. The van der Waals surface area contributed by atoms with Crippen molar-refractivity contribution in [3.05, 3.63) is 53.6 Å². The molecule has 176 valence electrons. The van der Waals surface area contributed by atoms with Crippen molar-refractivity contribution in [2.24, 2.45) is 4.99 Å². The van der Waals surface area contributed by atoms with Gasteiger partial charge in [0.25, 0.3) is 0 Å². The van der Waals surface area contributed by atoms with E-state index in [1.807, 2.05) is 25.1 Å². The smallest absolute Gasteiger partial charge is 0.196 e. The van der Waals surface area contributed by atoms with Crippen molar-refractivity contribution >= 4 is 35.6 Å². The van der Waals surface area contributed by atoms with Gasteiger partial charge in [-0.15, -0.1) is 24.0 Å². The van der Waals surface area contributed by atoms with Crippen LogP contribution < -0.4 is 20.1 Å². The van der Waals surface area contributed by atoms with Crippen molar-refractivity contribution in [1.29, 1.82) is 0 Å². The van der Waals surface area contributed by atoms with Gasteiger partial charge in [0.15, 0.2) is 17.5 Å². The number of guanidine groups is 1. The largest absolute Gasteiger partial charge is 0.493 e. The number of nitrogens with zero attached hydrogens (tertiary/aromatic N) is 2. The molecule has 32 heavy (non-hydrogen) atoms. The summed E-state index contributed by atoms with van der Waals surface area (Å²) >= 11 is 0. The fourth-order valence-corrected chi connectivity index (χ4v) is 3.49. The number of anilines is 1. The second-order valence-electron chi connectivity index (χ2n) is 7.28. The maximum absolute atomic E-state index is 5.61. The summed E-state index contributed by atoms with van der Waals surface area (Å²) in [7, 11) is 1.65. The Labute approximate surface area is 208 Å². The highest BCUT2D eigenvalue weighted by molar-refractivity contribution is 14.0. The summed E-state index contributed by atoms with van der Waals surface area (Å²) in [6.07, 6.45) is 0. The molecule has 2 aromatic rings. The van der Waals surface area contributed by atoms with Gasteiger partial charge in [-0.1, -0.05) is 24.3 Å². The highest BCUT2D eigenvalue weighted by Gasteiger charge is 2.13. The molecule has 2 aromatic carbocycles. The van der Waals surface area contributed by atoms with Crippen LogP contribution in [0.5, 0.6) is 11.5 Å². The maximum Gasteiger partial charge on any atom is 0.196 e. The molecule has 7 nitrogen and oxygen atoms in total. The summed E-state index contributed by atoms with van der Waals surface area (Å²) in [4.78, 5) is 7.26. The third kappa shape index (κ3) is 7.83. The molecule has 0 aromatic heterocycles. The molecule has 0 amide bonds. The fourth-order valence-electron chi connectivity index (χ4n) is 3.49. The van der Waals surface area contributed by atoms with Gasteiger partial charge in [0, 0.05) is 37.9 Å². The highest BCUT2D eigenvalue weighted by Crippen LogP contribution is 2.30. The van der Waals surface area contributed by atoms with Crippen LogP contribution >= 0.6 is 24.0 Å². The van der Waals surface area contributed by atoms with Crippen molar-refractivity contribution in [2.75, 3.05) is 51.9 Å². The maximum atomic E-state index is 5.61. The molecular formula is C24H35IN4O3. The average Bonchev–Trinajstić information content (AvgIpc) is 2.80. The molecular weight excluding hydrogens is 519 g/mol. The van der Waals surface area contributed by atoms with Crippen LogP contribution in [-0.4, -0.2) is 57.4 Å². The molecule has 0 unspecified atom stereocenters. The number of hydrogen-bond acceptors (Lipinski definition) is 5. The Morgan fingerprint density at radius 1 is 1.06 bits per heavy atom. The first-order chi connectivity index (χ1) is 15.2. The minimum atomic E-state index is 0. The Kier molecular flexibility index (Phi) is 11.6. The summed E-state index contributed by atoms with van der Waals surface area (Å²) in [5, 5.41) is 6.69. The normalized spacial score (nSPS) is 14.4. The molecule has 0 bridgehead atoms. The van der Waals surface area contributed by atoms with Crippen LogP contribution in [0, 0.1) is 0 Å². The number of methoxy groups -OCH3 is 1. The van der Waals surface area contributed by atoms with Crippen molar-refractivity contribution in [2.45, 2.75) is 26.9 Å². The first kappa shape index (κ1) is 26.2. The highest BCUT2D eigenvalue weighted by atomic mass is 127. The number of morpholine rings is 1. The van der Waals surface area contributed by atoms with Gasteiger partial charge in [0.2, 0.25) is 0 Å². The Morgan fingerprint density at radius 2 is 1.81 bits per heavy atom. The molecule has 2 N–H and O–H groups in total. The summed E-state index contributed by atoms with van der Waals surface area (Å²) in [5.74, 6) is 2.16. The lowest BCUT2D eigenvalue weighted by atomic mass is 10.1. The number of aliphatic imine (C=N–C) groups is 1. The molecule has 0 saturated carbocycles. The molecule has 0 atom stereocenters. The topological polar surface area (TPSA) is 67.4 Å². The van der Waals surface area contributed by atoms with Crippen LogP contribution in [-0.2, 0) is 17.8 Å². The number of benzene rings is 2. The van der Waals surface area contributed by atoms with Crippen LogP contribution in [0.1, 0.15) is 25.0 Å². The van der Waals surface area contributed by atoms with E-state index in [0.717, 1.165) is 56.8 Å². The van der Waals surface area contributed by atoms with Crippen LogP contribution in [0.3, 0.4) is 0 Å². The third-order valence-electron chi connectivity index (χ3n) is 5.09. The summed E-state index contributed by atoms with van der Waals surface area (Å²) < 4.78 is 16.5. The number of halogens is 1. The van der Waals surface area contributed by atoms with Gasteiger partial charge in [-0.3, -0.25) is 4.90 Å². The Morgan fingerprint density at radius 3 is 2.50 bits per heavy atom. The Balaban J connectivity index is 0.00000363. The van der Waals surface area contributed by atoms with E-state index in [4.69, 9.17) is 19.2 Å². The van der Waals surface area contributed by atoms with Gasteiger partial charge in [-0.05, 0) is 37.1 Å². The quantitative estimate of drug-likeness (QED) is 0.276. The van der Waals surface area contributed by atoms with Gasteiger partial charge >= 0.3 is 0 Å². The van der Waals surface area contributed by atoms with E-state index in [9.17, 15) is 0 Å².